The fraction of sp³-hybridized carbons (Fsp3) is 0.143. The van der Waals surface area contributed by atoms with Crippen LogP contribution in [-0.2, 0) is 16.4 Å². The van der Waals surface area contributed by atoms with Crippen molar-refractivity contribution in [2.24, 2.45) is 0 Å². The number of ether oxygens (including phenoxy) is 1. The topological polar surface area (TPSA) is 67.4 Å². The number of nitrogens with one attached hydrogen (secondary N) is 2. The van der Waals surface area contributed by atoms with Gasteiger partial charge < -0.3 is 10.1 Å². The van der Waals surface area contributed by atoms with Gasteiger partial charge in [-0.15, -0.1) is 0 Å². The van der Waals surface area contributed by atoms with Gasteiger partial charge in [0.1, 0.15) is 11.5 Å². The number of fused-ring (bicyclic) bond motifs is 1. The fourth-order valence-electron chi connectivity index (χ4n) is 3.12. The first kappa shape index (κ1) is 17.4. The van der Waals surface area contributed by atoms with E-state index in [0.717, 1.165) is 23.4 Å². The molecule has 0 radical (unpaired) electrons. The summed E-state index contributed by atoms with van der Waals surface area (Å²) in [4.78, 5) is 0.266. The number of benzene rings is 3. The zero-order valence-electron chi connectivity index (χ0n) is 14.8. The summed E-state index contributed by atoms with van der Waals surface area (Å²) in [6.45, 7) is 2.07. The van der Waals surface area contributed by atoms with Gasteiger partial charge >= 0.3 is 0 Å². The van der Waals surface area contributed by atoms with Crippen molar-refractivity contribution in [2.75, 3.05) is 10.0 Å². The SMILES string of the molecule is CC1Cc2cc(S(=O)(=O)Nc3ccc(Oc4ccccc4)cc3)ccc2N1. The Balaban J connectivity index is 1.49. The molecule has 0 bridgehead atoms. The average Bonchev–Trinajstić information content (AvgIpc) is 3.03. The summed E-state index contributed by atoms with van der Waals surface area (Å²) in [6.07, 6.45) is 0.824. The summed E-state index contributed by atoms with van der Waals surface area (Å²) < 4.78 is 33.7. The highest BCUT2D eigenvalue weighted by Gasteiger charge is 2.21. The van der Waals surface area contributed by atoms with Crippen molar-refractivity contribution in [1.82, 2.24) is 0 Å². The summed E-state index contributed by atoms with van der Waals surface area (Å²) in [5, 5.41) is 3.32. The molecule has 4 rings (SSSR count). The van der Waals surface area contributed by atoms with E-state index < -0.39 is 10.0 Å². The third kappa shape index (κ3) is 3.90. The molecule has 0 saturated carbocycles. The molecule has 1 heterocycles. The van der Waals surface area contributed by atoms with Crippen LogP contribution in [-0.4, -0.2) is 14.5 Å². The van der Waals surface area contributed by atoms with E-state index in [1.54, 1.807) is 36.4 Å². The number of rotatable bonds is 5. The smallest absolute Gasteiger partial charge is 0.261 e. The van der Waals surface area contributed by atoms with Crippen LogP contribution in [0.3, 0.4) is 0 Å². The highest BCUT2D eigenvalue weighted by Crippen LogP contribution is 2.29. The Kier molecular flexibility index (Phi) is 4.49. The molecule has 0 saturated heterocycles. The molecular weight excluding hydrogens is 360 g/mol. The first-order valence-electron chi connectivity index (χ1n) is 8.75. The summed E-state index contributed by atoms with van der Waals surface area (Å²) in [6, 6.07) is 21.8. The third-order valence-corrected chi connectivity index (χ3v) is 5.78. The molecule has 0 aromatic heterocycles. The molecular formula is C21H20N2O3S. The van der Waals surface area contributed by atoms with E-state index in [9.17, 15) is 8.42 Å². The second-order valence-electron chi connectivity index (χ2n) is 6.61. The van der Waals surface area contributed by atoms with E-state index in [1.165, 1.54) is 0 Å². The second kappa shape index (κ2) is 6.96. The molecule has 1 unspecified atom stereocenters. The molecule has 0 amide bonds. The standard InChI is InChI=1S/C21H20N2O3S/c1-15-13-16-14-20(11-12-21(16)22-15)27(24,25)23-17-7-9-19(10-8-17)26-18-5-3-2-4-6-18/h2-12,14-15,22-23H,13H2,1H3. The van der Waals surface area contributed by atoms with E-state index in [4.69, 9.17) is 4.74 Å². The number of para-hydroxylation sites is 1. The van der Waals surface area contributed by atoms with Crippen molar-refractivity contribution in [3.63, 3.8) is 0 Å². The molecule has 1 aliphatic heterocycles. The Hall–Kier alpha value is -2.99. The molecule has 0 aliphatic carbocycles. The van der Waals surface area contributed by atoms with E-state index in [2.05, 4.69) is 17.0 Å². The monoisotopic (exact) mass is 380 g/mol. The van der Waals surface area contributed by atoms with Gasteiger partial charge in [0.2, 0.25) is 0 Å². The fourth-order valence-corrected chi connectivity index (χ4v) is 4.23. The molecule has 3 aromatic rings. The molecule has 1 aliphatic rings. The lowest BCUT2D eigenvalue weighted by atomic mass is 10.1. The Morgan fingerprint density at radius 2 is 1.67 bits per heavy atom. The Morgan fingerprint density at radius 3 is 2.41 bits per heavy atom. The average molecular weight is 380 g/mol. The molecule has 1 atom stereocenters. The highest BCUT2D eigenvalue weighted by molar-refractivity contribution is 7.92. The summed E-state index contributed by atoms with van der Waals surface area (Å²) in [5.74, 6) is 1.37. The van der Waals surface area contributed by atoms with Crippen LogP contribution in [0.1, 0.15) is 12.5 Å². The first-order valence-corrected chi connectivity index (χ1v) is 10.2. The van der Waals surface area contributed by atoms with Gasteiger partial charge in [0, 0.05) is 17.4 Å². The van der Waals surface area contributed by atoms with Crippen molar-refractivity contribution in [1.29, 1.82) is 0 Å². The lowest BCUT2D eigenvalue weighted by Crippen LogP contribution is -2.13. The van der Waals surface area contributed by atoms with E-state index >= 15 is 0 Å². The van der Waals surface area contributed by atoms with Crippen molar-refractivity contribution >= 4 is 21.4 Å². The van der Waals surface area contributed by atoms with Crippen LogP contribution in [0.15, 0.2) is 77.7 Å². The van der Waals surface area contributed by atoms with Crippen LogP contribution < -0.4 is 14.8 Å². The zero-order chi connectivity index (χ0) is 18.9. The van der Waals surface area contributed by atoms with Gasteiger partial charge in [0.05, 0.1) is 4.90 Å². The van der Waals surface area contributed by atoms with E-state index in [0.29, 0.717) is 17.5 Å². The minimum Gasteiger partial charge on any atom is -0.457 e. The molecule has 0 spiro atoms. The van der Waals surface area contributed by atoms with Gasteiger partial charge in [-0.25, -0.2) is 8.42 Å². The molecule has 27 heavy (non-hydrogen) atoms. The lowest BCUT2D eigenvalue weighted by molar-refractivity contribution is 0.483. The Labute approximate surface area is 159 Å². The minimum absolute atomic E-state index is 0.266. The molecule has 2 N–H and O–H groups in total. The Morgan fingerprint density at radius 1 is 0.963 bits per heavy atom. The van der Waals surface area contributed by atoms with Crippen LogP contribution in [0.4, 0.5) is 11.4 Å². The van der Waals surface area contributed by atoms with Crippen LogP contribution >= 0.6 is 0 Å². The summed E-state index contributed by atoms with van der Waals surface area (Å²) in [7, 11) is -3.64. The largest absolute Gasteiger partial charge is 0.457 e. The molecule has 0 fully saturated rings. The van der Waals surface area contributed by atoms with Crippen molar-refractivity contribution in [3.05, 3.63) is 78.4 Å². The van der Waals surface area contributed by atoms with Crippen LogP contribution in [0.5, 0.6) is 11.5 Å². The number of hydrogen-bond acceptors (Lipinski definition) is 4. The number of sulfonamides is 1. The zero-order valence-corrected chi connectivity index (χ0v) is 15.7. The van der Waals surface area contributed by atoms with E-state index in [-0.39, 0.29) is 4.90 Å². The Bertz CT molecular complexity index is 1050. The van der Waals surface area contributed by atoms with Crippen LogP contribution in [0.25, 0.3) is 0 Å². The molecule has 138 valence electrons. The van der Waals surface area contributed by atoms with Gasteiger partial charge in [-0.05, 0) is 73.5 Å². The van der Waals surface area contributed by atoms with Crippen molar-refractivity contribution in [3.8, 4) is 11.5 Å². The van der Waals surface area contributed by atoms with Gasteiger partial charge in [0.15, 0.2) is 0 Å². The predicted octanol–water partition coefficient (Wildman–Crippen LogP) is 4.64. The summed E-state index contributed by atoms with van der Waals surface area (Å²) in [5.41, 5.74) is 2.52. The number of anilines is 2. The maximum Gasteiger partial charge on any atom is 0.261 e. The van der Waals surface area contributed by atoms with Crippen LogP contribution in [0.2, 0.25) is 0 Å². The van der Waals surface area contributed by atoms with Crippen LogP contribution in [0, 0.1) is 0 Å². The van der Waals surface area contributed by atoms with Gasteiger partial charge in [-0.1, -0.05) is 18.2 Å². The van der Waals surface area contributed by atoms with Crippen molar-refractivity contribution in [2.45, 2.75) is 24.3 Å². The van der Waals surface area contributed by atoms with Gasteiger partial charge in [-0.3, -0.25) is 4.72 Å². The lowest BCUT2D eigenvalue weighted by Gasteiger charge is -2.10. The maximum absolute atomic E-state index is 12.7. The minimum atomic E-state index is -3.64. The second-order valence-corrected chi connectivity index (χ2v) is 8.30. The molecule has 5 nitrogen and oxygen atoms in total. The maximum atomic E-state index is 12.7. The van der Waals surface area contributed by atoms with Gasteiger partial charge in [0.25, 0.3) is 10.0 Å². The highest BCUT2D eigenvalue weighted by atomic mass is 32.2. The van der Waals surface area contributed by atoms with Gasteiger partial charge in [-0.2, -0.15) is 0 Å². The first-order chi connectivity index (χ1) is 13.0. The van der Waals surface area contributed by atoms with Crippen molar-refractivity contribution < 1.29 is 13.2 Å². The normalized spacial score (nSPS) is 15.7. The molecule has 3 aromatic carbocycles. The van der Waals surface area contributed by atoms with E-state index in [1.807, 2.05) is 36.4 Å². The summed E-state index contributed by atoms with van der Waals surface area (Å²) >= 11 is 0. The number of hydrogen-bond donors (Lipinski definition) is 2. The third-order valence-electron chi connectivity index (χ3n) is 4.40. The quantitative estimate of drug-likeness (QED) is 0.677. The molecule has 6 heteroatoms. The predicted molar refractivity (Wildman–Crippen MR) is 107 cm³/mol.